The van der Waals surface area contributed by atoms with Crippen LogP contribution in [0.5, 0.6) is 5.75 Å². The fourth-order valence-corrected chi connectivity index (χ4v) is 4.83. The minimum Gasteiger partial charge on any atom is -0.497 e. The molecule has 0 unspecified atom stereocenters. The molecule has 2 aromatic carbocycles. The van der Waals surface area contributed by atoms with Gasteiger partial charge in [-0.15, -0.1) is 0 Å². The van der Waals surface area contributed by atoms with Crippen molar-refractivity contribution < 1.29 is 9.53 Å². The Morgan fingerprint density at radius 2 is 1.82 bits per heavy atom. The number of ether oxygens (including phenoxy) is 1. The number of carbonyl (C=O) groups is 1. The van der Waals surface area contributed by atoms with Crippen molar-refractivity contribution in [2.45, 2.75) is 6.54 Å². The number of methoxy groups -OCH3 is 1. The molecule has 0 saturated carbocycles. The Hall–Kier alpha value is -3.56. The van der Waals surface area contributed by atoms with Crippen molar-refractivity contribution in [3.05, 3.63) is 82.3 Å². The molecule has 168 valence electrons. The lowest BCUT2D eigenvalue weighted by Gasteiger charge is -2.34. The summed E-state index contributed by atoms with van der Waals surface area (Å²) in [5, 5.41) is 5.16. The molecule has 0 radical (unpaired) electrons. The lowest BCUT2D eigenvalue weighted by Crippen LogP contribution is -2.48. The van der Waals surface area contributed by atoms with Crippen molar-refractivity contribution in [2.24, 2.45) is 0 Å². The molecule has 2 aromatic heterocycles. The predicted octanol–water partition coefficient (Wildman–Crippen LogP) is 2.78. The van der Waals surface area contributed by atoms with Crippen LogP contribution in [0.25, 0.3) is 15.5 Å². The number of nitrogens with zero attached hydrogens (tertiary/aromatic N) is 5. The first-order chi connectivity index (χ1) is 16.1. The zero-order valence-corrected chi connectivity index (χ0v) is 19.0. The Bertz CT molecular complexity index is 1340. The highest BCUT2D eigenvalue weighted by molar-refractivity contribution is 7.19. The maximum absolute atomic E-state index is 12.7. The van der Waals surface area contributed by atoms with Crippen LogP contribution in [0.2, 0.25) is 0 Å². The van der Waals surface area contributed by atoms with Gasteiger partial charge in [0.05, 0.1) is 12.8 Å². The average molecular weight is 462 g/mol. The molecule has 1 aliphatic heterocycles. The summed E-state index contributed by atoms with van der Waals surface area (Å²) in [6.45, 7) is 3.32. The number of fused-ring (bicyclic) bond motifs is 1. The molecule has 0 spiro atoms. The van der Waals surface area contributed by atoms with Crippen molar-refractivity contribution in [1.82, 2.24) is 24.4 Å². The highest BCUT2D eigenvalue weighted by Gasteiger charge is 2.22. The van der Waals surface area contributed by atoms with Crippen LogP contribution in [0.1, 0.15) is 16.1 Å². The van der Waals surface area contributed by atoms with Crippen LogP contribution in [0.15, 0.2) is 65.5 Å². The predicted molar refractivity (Wildman–Crippen MR) is 127 cm³/mol. The topological polar surface area (TPSA) is 80.0 Å². The molecule has 0 aliphatic carbocycles. The van der Waals surface area contributed by atoms with E-state index >= 15 is 0 Å². The van der Waals surface area contributed by atoms with Crippen LogP contribution in [-0.4, -0.2) is 63.6 Å². The number of aromatic nitrogens is 3. The number of carbonyl (C=O) groups excluding carboxylic acids is 1. The van der Waals surface area contributed by atoms with Crippen LogP contribution >= 0.6 is 11.3 Å². The fraction of sp³-hybridized carbons (Fsp3) is 0.250. The monoisotopic (exact) mass is 461 g/mol. The van der Waals surface area contributed by atoms with Gasteiger partial charge in [0.2, 0.25) is 4.96 Å². The first kappa shape index (κ1) is 21.3. The van der Waals surface area contributed by atoms with Gasteiger partial charge in [-0.05, 0) is 24.3 Å². The Kier molecular flexibility index (Phi) is 5.89. The van der Waals surface area contributed by atoms with Gasteiger partial charge >= 0.3 is 0 Å². The Morgan fingerprint density at radius 3 is 2.58 bits per heavy atom. The van der Waals surface area contributed by atoms with E-state index in [1.54, 1.807) is 13.2 Å². The second kappa shape index (κ2) is 9.13. The van der Waals surface area contributed by atoms with Gasteiger partial charge in [0, 0.05) is 49.9 Å². The molecule has 33 heavy (non-hydrogen) atoms. The lowest BCUT2D eigenvalue weighted by molar-refractivity contribution is 0.0627. The number of benzene rings is 2. The van der Waals surface area contributed by atoms with Crippen molar-refractivity contribution in [3.63, 3.8) is 0 Å². The maximum Gasteiger partial charge on any atom is 0.275 e. The van der Waals surface area contributed by atoms with Crippen molar-refractivity contribution in [2.75, 3.05) is 33.3 Å². The Labute approximate surface area is 194 Å². The SMILES string of the molecule is COc1cccc(-c2nn3c(=O)cc(CN4CCN(C(=O)c5ccccc5)CC4)nc3s2)c1. The van der Waals surface area contributed by atoms with E-state index in [0.717, 1.165) is 24.4 Å². The van der Waals surface area contributed by atoms with E-state index in [1.807, 2.05) is 59.5 Å². The average Bonchev–Trinajstić information content (AvgIpc) is 3.30. The highest BCUT2D eigenvalue weighted by atomic mass is 32.1. The standard InChI is InChI=1S/C24H23N5O3S/c1-32-20-9-5-8-18(14-20)22-26-29-21(30)15-19(25-24(29)33-22)16-27-10-12-28(13-11-27)23(31)17-6-3-2-4-7-17/h2-9,14-15H,10-13,16H2,1H3. The van der Waals surface area contributed by atoms with E-state index in [9.17, 15) is 9.59 Å². The van der Waals surface area contributed by atoms with E-state index in [2.05, 4.69) is 15.0 Å². The molecule has 5 rings (SSSR count). The zero-order valence-electron chi connectivity index (χ0n) is 18.2. The van der Waals surface area contributed by atoms with E-state index in [0.29, 0.717) is 40.9 Å². The smallest absolute Gasteiger partial charge is 0.275 e. The quantitative estimate of drug-likeness (QED) is 0.455. The number of amides is 1. The van der Waals surface area contributed by atoms with Gasteiger partial charge in [-0.1, -0.05) is 41.7 Å². The largest absolute Gasteiger partial charge is 0.497 e. The van der Waals surface area contributed by atoms with Crippen LogP contribution in [-0.2, 0) is 6.54 Å². The minimum absolute atomic E-state index is 0.0581. The summed E-state index contributed by atoms with van der Waals surface area (Å²) in [5.41, 5.74) is 2.11. The normalized spacial score (nSPS) is 14.5. The third-order valence-corrected chi connectivity index (χ3v) is 6.64. The zero-order chi connectivity index (χ0) is 22.8. The molecule has 1 saturated heterocycles. The van der Waals surface area contributed by atoms with Crippen LogP contribution in [0.4, 0.5) is 0 Å². The molecule has 0 atom stereocenters. The first-order valence-electron chi connectivity index (χ1n) is 10.7. The van der Waals surface area contributed by atoms with Crippen molar-refractivity contribution in [3.8, 4) is 16.3 Å². The fourth-order valence-electron chi connectivity index (χ4n) is 3.91. The van der Waals surface area contributed by atoms with E-state index in [4.69, 9.17) is 4.74 Å². The van der Waals surface area contributed by atoms with Gasteiger partial charge in [-0.3, -0.25) is 14.5 Å². The molecule has 0 bridgehead atoms. The van der Waals surface area contributed by atoms with Gasteiger partial charge in [0.25, 0.3) is 11.5 Å². The van der Waals surface area contributed by atoms with Gasteiger partial charge in [-0.2, -0.15) is 9.61 Å². The van der Waals surface area contributed by atoms with Gasteiger partial charge < -0.3 is 9.64 Å². The van der Waals surface area contributed by atoms with Gasteiger partial charge in [0.15, 0.2) is 0 Å². The molecule has 8 nitrogen and oxygen atoms in total. The molecule has 1 fully saturated rings. The Balaban J connectivity index is 1.29. The summed E-state index contributed by atoms with van der Waals surface area (Å²) in [6.07, 6.45) is 0. The van der Waals surface area contributed by atoms with Gasteiger partial charge in [0.1, 0.15) is 10.8 Å². The summed E-state index contributed by atoms with van der Waals surface area (Å²) < 4.78 is 6.63. The molecule has 3 heterocycles. The molecule has 1 aliphatic rings. The number of hydrogen-bond donors (Lipinski definition) is 0. The third kappa shape index (κ3) is 4.50. The van der Waals surface area contributed by atoms with Crippen LogP contribution in [0.3, 0.4) is 0 Å². The van der Waals surface area contributed by atoms with E-state index < -0.39 is 0 Å². The second-order valence-corrected chi connectivity index (χ2v) is 8.81. The summed E-state index contributed by atoms with van der Waals surface area (Å²) in [4.78, 5) is 34.7. The van der Waals surface area contributed by atoms with Crippen LogP contribution in [0, 0.1) is 0 Å². The summed E-state index contributed by atoms with van der Waals surface area (Å²) in [5.74, 6) is 0.792. The number of piperazine rings is 1. The third-order valence-electron chi connectivity index (χ3n) is 5.68. The summed E-state index contributed by atoms with van der Waals surface area (Å²) in [7, 11) is 1.62. The van der Waals surface area contributed by atoms with Crippen molar-refractivity contribution >= 4 is 22.2 Å². The first-order valence-corrected chi connectivity index (χ1v) is 11.5. The Morgan fingerprint density at radius 1 is 1.03 bits per heavy atom. The molecule has 9 heteroatoms. The summed E-state index contributed by atoms with van der Waals surface area (Å²) >= 11 is 1.38. The highest BCUT2D eigenvalue weighted by Crippen LogP contribution is 2.27. The maximum atomic E-state index is 12.7. The van der Waals surface area contributed by atoms with Crippen LogP contribution < -0.4 is 10.3 Å². The molecule has 0 N–H and O–H groups in total. The molecular weight excluding hydrogens is 438 g/mol. The van der Waals surface area contributed by atoms with Crippen molar-refractivity contribution in [1.29, 1.82) is 0 Å². The van der Waals surface area contributed by atoms with Gasteiger partial charge in [-0.25, -0.2) is 4.98 Å². The minimum atomic E-state index is -0.196. The summed E-state index contributed by atoms with van der Waals surface area (Å²) in [6, 6.07) is 18.5. The number of hydrogen-bond acceptors (Lipinski definition) is 7. The number of rotatable bonds is 5. The van der Waals surface area contributed by atoms with E-state index in [-0.39, 0.29) is 11.5 Å². The second-order valence-electron chi connectivity index (χ2n) is 7.85. The molecule has 1 amide bonds. The molecule has 4 aromatic rings. The molecular formula is C24H23N5O3S. The lowest BCUT2D eigenvalue weighted by atomic mass is 10.2. The van der Waals surface area contributed by atoms with E-state index in [1.165, 1.54) is 15.9 Å².